The first kappa shape index (κ1) is 17.1. The Morgan fingerprint density at radius 1 is 1.13 bits per heavy atom. The van der Waals surface area contributed by atoms with Crippen molar-refractivity contribution in [3.8, 4) is 0 Å². The largest absolute Gasteiger partial charge is 0.350 e. The van der Waals surface area contributed by atoms with Gasteiger partial charge in [0.2, 0.25) is 0 Å². The Bertz CT molecular complexity index is 659. The van der Waals surface area contributed by atoms with Crippen LogP contribution in [0.15, 0.2) is 48.5 Å². The molecule has 1 N–H and O–H groups in total. The maximum absolute atomic E-state index is 13.6. The van der Waals surface area contributed by atoms with E-state index in [9.17, 15) is 13.6 Å². The molecule has 0 radical (unpaired) electrons. The molecule has 0 aliphatic rings. The van der Waals surface area contributed by atoms with Gasteiger partial charge in [-0.15, -0.1) is 0 Å². The molecular formula is C18H20F2N2O. The van der Waals surface area contributed by atoms with E-state index in [0.717, 1.165) is 24.1 Å². The summed E-state index contributed by atoms with van der Waals surface area (Å²) >= 11 is 0. The molecule has 0 aliphatic heterocycles. The van der Waals surface area contributed by atoms with E-state index in [1.807, 2.05) is 49.3 Å². The summed E-state index contributed by atoms with van der Waals surface area (Å²) in [6.45, 7) is 0.373. The fourth-order valence-corrected chi connectivity index (χ4v) is 2.30. The van der Waals surface area contributed by atoms with Crippen molar-refractivity contribution in [3.05, 3.63) is 71.3 Å². The van der Waals surface area contributed by atoms with Gasteiger partial charge in [-0.25, -0.2) is 8.78 Å². The molecule has 0 spiro atoms. The van der Waals surface area contributed by atoms with E-state index in [4.69, 9.17) is 0 Å². The number of likely N-dealkylation sites (N-methyl/N-ethyl adjacent to an activating group) is 1. The Balaban J connectivity index is 1.99. The van der Waals surface area contributed by atoms with Gasteiger partial charge in [0.05, 0.1) is 5.56 Å². The topological polar surface area (TPSA) is 32.3 Å². The second-order valence-electron chi connectivity index (χ2n) is 5.64. The minimum absolute atomic E-state index is 0.0739. The third kappa shape index (κ3) is 4.86. The summed E-state index contributed by atoms with van der Waals surface area (Å²) in [5.41, 5.74) is 1.01. The van der Waals surface area contributed by atoms with E-state index in [1.54, 1.807) is 0 Å². The highest BCUT2D eigenvalue weighted by atomic mass is 19.1. The molecule has 1 atom stereocenters. The monoisotopic (exact) mass is 318 g/mol. The van der Waals surface area contributed by atoms with Crippen LogP contribution in [0.2, 0.25) is 0 Å². The quantitative estimate of drug-likeness (QED) is 0.888. The van der Waals surface area contributed by atoms with Gasteiger partial charge >= 0.3 is 0 Å². The van der Waals surface area contributed by atoms with Crippen molar-refractivity contribution in [3.63, 3.8) is 0 Å². The molecule has 3 nitrogen and oxygen atoms in total. The molecular weight excluding hydrogens is 298 g/mol. The van der Waals surface area contributed by atoms with Crippen LogP contribution in [0.3, 0.4) is 0 Å². The van der Waals surface area contributed by atoms with Gasteiger partial charge in [-0.1, -0.05) is 30.3 Å². The lowest BCUT2D eigenvalue weighted by atomic mass is 10.0. The number of halogens is 2. The van der Waals surface area contributed by atoms with E-state index in [2.05, 4.69) is 5.32 Å². The van der Waals surface area contributed by atoms with Crippen LogP contribution in [-0.4, -0.2) is 37.5 Å². The number of hydrogen-bond donors (Lipinski definition) is 1. The summed E-state index contributed by atoms with van der Waals surface area (Å²) in [5, 5.41) is 2.72. The zero-order valence-corrected chi connectivity index (χ0v) is 13.2. The van der Waals surface area contributed by atoms with Crippen LogP contribution in [0.1, 0.15) is 15.9 Å². The van der Waals surface area contributed by atoms with Gasteiger partial charge in [-0.3, -0.25) is 4.79 Å². The van der Waals surface area contributed by atoms with Crippen LogP contribution in [0.4, 0.5) is 8.78 Å². The zero-order valence-electron chi connectivity index (χ0n) is 13.2. The Morgan fingerprint density at radius 2 is 1.83 bits per heavy atom. The van der Waals surface area contributed by atoms with Gasteiger partial charge in [0.1, 0.15) is 11.6 Å². The van der Waals surface area contributed by atoms with Crippen LogP contribution >= 0.6 is 0 Å². The van der Waals surface area contributed by atoms with Gasteiger partial charge in [0.25, 0.3) is 5.91 Å². The molecule has 0 heterocycles. The van der Waals surface area contributed by atoms with E-state index >= 15 is 0 Å². The standard InChI is InChI=1S/C18H20F2N2O/c1-22(2)15(10-13-6-4-3-5-7-13)12-21-18(23)16-9-8-14(19)11-17(16)20/h3-9,11,15H,10,12H2,1-2H3,(H,21,23)/t15-/m1/s1. The average molecular weight is 318 g/mol. The normalized spacial score (nSPS) is 12.2. The minimum Gasteiger partial charge on any atom is -0.350 e. The number of amides is 1. The number of carbonyl (C=O) groups is 1. The van der Waals surface area contributed by atoms with Crippen molar-refractivity contribution in [1.82, 2.24) is 10.2 Å². The molecule has 0 saturated heterocycles. The highest BCUT2D eigenvalue weighted by molar-refractivity contribution is 5.94. The molecule has 122 valence electrons. The number of rotatable bonds is 6. The van der Waals surface area contributed by atoms with Crippen molar-refractivity contribution in [2.45, 2.75) is 12.5 Å². The van der Waals surface area contributed by atoms with Gasteiger partial charge in [-0.05, 0) is 38.2 Å². The van der Waals surface area contributed by atoms with Crippen molar-refractivity contribution >= 4 is 5.91 Å². The Labute approximate surface area is 134 Å². The molecule has 0 aromatic heterocycles. The van der Waals surface area contributed by atoms with Crippen LogP contribution in [0.5, 0.6) is 0 Å². The Kier molecular flexibility index (Phi) is 5.82. The summed E-state index contributed by atoms with van der Waals surface area (Å²) in [6, 6.07) is 13.0. The third-order valence-corrected chi connectivity index (χ3v) is 3.72. The number of benzene rings is 2. The average Bonchev–Trinajstić information content (AvgIpc) is 2.51. The van der Waals surface area contributed by atoms with Gasteiger partial charge in [0, 0.05) is 18.7 Å². The smallest absolute Gasteiger partial charge is 0.254 e. The fraction of sp³-hybridized carbons (Fsp3) is 0.278. The molecule has 2 aromatic carbocycles. The summed E-state index contributed by atoms with van der Waals surface area (Å²) in [5.74, 6) is -2.09. The molecule has 2 rings (SSSR count). The maximum Gasteiger partial charge on any atom is 0.254 e. The van der Waals surface area contributed by atoms with Crippen LogP contribution in [0, 0.1) is 11.6 Å². The number of hydrogen-bond acceptors (Lipinski definition) is 2. The summed E-state index contributed by atoms with van der Waals surface area (Å²) in [7, 11) is 3.86. The van der Waals surface area contributed by atoms with E-state index in [1.165, 1.54) is 0 Å². The number of nitrogens with zero attached hydrogens (tertiary/aromatic N) is 1. The van der Waals surface area contributed by atoms with Crippen molar-refractivity contribution < 1.29 is 13.6 Å². The zero-order chi connectivity index (χ0) is 16.8. The van der Waals surface area contributed by atoms with Crippen molar-refractivity contribution in [2.24, 2.45) is 0 Å². The van der Waals surface area contributed by atoms with Crippen molar-refractivity contribution in [2.75, 3.05) is 20.6 Å². The molecule has 23 heavy (non-hydrogen) atoms. The van der Waals surface area contributed by atoms with Gasteiger partial charge < -0.3 is 10.2 Å². The lowest BCUT2D eigenvalue weighted by Crippen LogP contribution is -2.41. The molecule has 2 aromatic rings. The first-order valence-corrected chi connectivity index (χ1v) is 7.41. The molecule has 0 unspecified atom stereocenters. The molecule has 1 amide bonds. The van der Waals surface area contributed by atoms with E-state index in [0.29, 0.717) is 12.6 Å². The van der Waals surface area contributed by atoms with Crippen LogP contribution < -0.4 is 5.32 Å². The second kappa shape index (κ2) is 7.83. The van der Waals surface area contributed by atoms with Crippen LogP contribution in [0.25, 0.3) is 0 Å². The molecule has 0 aliphatic carbocycles. The van der Waals surface area contributed by atoms with Crippen molar-refractivity contribution in [1.29, 1.82) is 0 Å². The first-order valence-electron chi connectivity index (χ1n) is 7.41. The third-order valence-electron chi connectivity index (χ3n) is 3.72. The highest BCUT2D eigenvalue weighted by Crippen LogP contribution is 2.10. The summed E-state index contributed by atoms with van der Waals surface area (Å²) < 4.78 is 26.5. The van der Waals surface area contributed by atoms with Crippen LogP contribution in [-0.2, 0) is 6.42 Å². The van der Waals surface area contributed by atoms with Gasteiger partial charge in [0.15, 0.2) is 0 Å². The molecule has 0 fully saturated rings. The molecule has 5 heteroatoms. The Hall–Kier alpha value is -2.27. The number of nitrogens with one attached hydrogen (secondary N) is 1. The Morgan fingerprint density at radius 3 is 2.43 bits per heavy atom. The summed E-state index contributed by atoms with van der Waals surface area (Å²) in [4.78, 5) is 14.1. The predicted molar refractivity (Wildman–Crippen MR) is 86.3 cm³/mol. The fourth-order valence-electron chi connectivity index (χ4n) is 2.30. The van der Waals surface area contributed by atoms with Gasteiger partial charge in [-0.2, -0.15) is 0 Å². The molecule has 0 bridgehead atoms. The number of carbonyl (C=O) groups excluding carboxylic acids is 1. The maximum atomic E-state index is 13.6. The van der Waals surface area contributed by atoms with E-state index < -0.39 is 17.5 Å². The van der Waals surface area contributed by atoms with E-state index in [-0.39, 0.29) is 11.6 Å². The predicted octanol–water partition coefficient (Wildman–Crippen LogP) is 2.87. The SMILES string of the molecule is CN(C)[C@@H](CNC(=O)c1ccc(F)cc1F)Cc1ccccc1. The highest BCUT2D eigenvalue weighted by Gasteiger charge is 2.16. The lowest BCUT2D eigenvalue weighted by Gasteiger charge is -2.24. The summed E-state index contributed by atoms with van der Waals surface area (Å²) in [6.07, 6.45) is 0.764. The minimum atomic E-state index is -0.855. The second-order valence-corrected chi connectivity index (χ2v) is 5.64. The first-order chi connectivity index (χ1) is 11.0. The lowest BCUT2D eigenvalue weighted by molar-refractivity contribution is 0.0937. The molecule has 0 saturated carbocycles.